The molecule has 0 fully saturated rings. The molecule has 1 heterocycles. The first-order chi connectivity index (χ1) is 9.29. The molecule has 2 aromatic rings. The molecule has 0 amide bonds. The second-order valence-electron chi connectivity index (χ2n) is 4.21. The van der Waals surface area contributed by atoms with Crippen molar-refractivity contribution in [2.24, 2.45) is 0 Å². The van der Waals surface area contributed by atoms with Crippen molar-refractivity contribution in [2.75, 3.05) is 13.2 Å². The van der Waals surface area contributed by atoms with Gasteiger partial charge in [0.25, 0.3) is 0 Å². The minimum atomic E-state index is 0.696. The van der Waals surface area contributed by atoms with Crippen LogP contribution in [0.25, 0.3) is 0 Å². The molecule has 1 N–H and O–H groups in total. The number of thiophene rings is 1. The lowest BCUT2D eigenvalue weighted by Gasteiger charge is -2.12. The van der Waals surface area contributed by atoms with Gasteiger partial charge in [0.15, 0.2) is 0 Å². The van der Waals surface area contributed by atoms with Crippen LogP contribution in [-0.2, 0) is 13.0 Å². The monoisotopic (exact) mass is 295 g/mol. The van der Waals surface area contributed by atoms with Crippen molar-refractivity contribution in [1.29, 1.82) is 0 Å². The molecule has 0 saturated carbocycles. The van der Waals surface area contributed by atoms with Crippen LogP contribution in [0.1, 0.15) is 17.4 Å². The smallest absolute Gasteiger partial charge is 0.123 e. The summed E-state index contributed by atoms with van der Waals surface area (Å²) in [4.78, 5) is 1.35. The van der Waals surface area contributed by atoms with Gasteiger partial charge in [-0.1, -0.05) is 24.6 Å². The first-order valence-electron chi connectivity index (χ1n) is 6.44. The van der Waals surface area contributed by atoms with Crippen LogP contribution in [0.15, 0.2) is 35.7 Å². The van der Waals surface area contributed by atoms with Gasteiger partial charge in [-0.05, 0) is 36.2 Å². The number of benzene rings is 1. The van der Waals surface area contributed by atoms with Gasteiger partial charge in [0.05, 0.1) is 6.61 Å². The largest absolute Gasteiger partial charge is 0.493 e. The molecule has 2 rings (SSSR count). The Bertz CT molecular complexity index is 499. The van der Waals surface area contributed by atoms with E-state index in [9.17, 15) is 0 Å². The average Bonchev–Trinajstić information content (AvgIpc) is 2.91. The molecule has 0 saturated heterocycles. The van der Waals surface area contributed by atoms with E-state index in [1.54, 1.807) is 11.3 Å². The van der Waals surface area contributed by atoms with Gasteiger partial charge in [-0.25, -0.2) is 0 Å². The van der Waals surface area contributed by atoms with E-state index in [1.165, 1.54) is 4.88 Å². The van der Waals surface area contributed by atoms with Crippen LogP contribution >= 0.6 is 22.9 Å². The summed E-state index contributed by atoms with van der Waals surface area (Å²) >= 11 is 7.79. The zero-order valence-electron chi connectivity index (χ0n) is 11.0. The summed E-state index contributed by atoms with van der Waals surface area (Å²) in [5.74, 6) is 0.918. The van der Waals surface area contributed by atoms with Crippen molar-refractivity contribution in [3.63, 3.8) is 0 Å². The van der Waals surface area contributed by atoms with Crippen LogP contribution in [-0.4, -0.2) is 13.2 Å². The Kier molecular flexibility index (Phi) is 5.70. The van der Waals surface area contributed by atoms with Gasteiger partial charge in [-0.2, -0.15) is 0 Å². The fraction of sp³-hybridized carbons (Fsp3) is 0.333. The zero-order valence-corrected chi connectivity index (χ0v) is 12.6. The van der Waals surface area contributed by atoms with Gasteiger partial charge < -0.3 is 10.1 Å². The lowest BCUT2D eigenvalue weighted by molar-refractivity contribution is 0.319. The maximum absolute atomic E-state index is 6.03. The van der Waals surface area contributed by atoms with E-state index in [4.69, 9.17) is 16.3 Å². The lowest BCUT2D eigenvalue weighted by atomic mass is 10.2. The first kappa shape index (κ1) is 14.4. The van der Waals surface area contributed by atoms with E-state index in [-0.39, 0.29) is 0 Å². The standard InChI is InChI=1S/C15H18ClNOS/c1-2-17-11-12-10-13(16)5-6-15(12)18-8-7-14-4-3-9-19-14/h3-6,9-10,17H,2,7-8,11H2,1H3. The summed E-state index contributed by atoms with van der Waals surface area (Å²) in [5, 5.41) is 6.14. The predicted molar refractivity (Wildman–Crippen MR) is 82.4 cm³/mol. The Labute approximate surface area is 123 Å². The van der Waals surface area contributed by atoms with Gasteiger partial charge in [-0.15, -0.1) is 11.3 Å². The molecule has 0 unspecified atom stereocenters. The zero-order chi connectivity index (χ0) is 13.5. The normalized spacial score (nSPS) is 10.6. The summed E-state index contributed by atoms with van der Waals surface area (Å²) in [5.41, 5.74) is 1.11. The van der Waals surface area contributed by atoms with Crippen LogP contribution in [0, 0.1) is 0 Å². The Morgan fingerprint density at radius 1 is 1.32 bits per heavy atom. The van der Waals surface area contributed by atoms with Gasteiger partial charge in [0.1, 0.15) is 5.75 Å². The van der Waals surface area contributed by atoms with Crippen LogP contribution < -0.4 is 10.1 Å². The van der Waals surface area contributed by atoms with E-state index >= 15 is 0 Å². The maximum Gasteiger partial charge on any atom is 0.123 e. The van der Waals surface area contributed by atoms with Crippen molar-refractivity contribution in [3.8, 4) is 5.75 Å². The molecule has 1 aromatic heterocycles. The third-order valence-corrected chi connectivity index (χ3v) is 3.95. The fourth-order valence-electron chi connectivity index (χ4n) is 1.80. The Morgan fingerprint density at radius 3 is 2.95 bits per heavy atom. The highest BCUT2D eigenvalue weighted by Crippen LogP contribution is 2.23. The number of nitrogens with one attached hydrogen (secondary N) is 1. The average molecular weight is 296 g/mol. The molecule has 1 aromatic carbocycles. The van der Waals surface area contributed by atoms with Crippen molar-refractivity contribution in [3.05, 3.63) is 51.2 Å². The molecule has 19 heavy (non-hydrogen) atoms. The Morgan fingerprint density at radius 2 is 2.21 bits per heavy atom. The molecule has 0 bridgehead atoms. The highest BCUT2D eigenvalue weighted by molar-refractivity contribution is 7.09. The van der Waals surface area contributed by atoms with Gasteiger partial charge in [0, 0.05) is 28.4 Å². The molecular formula is C15H18ClNOS. The molecule has 0 aliphatic carbocycles. The van der Waals surface area contributed by atoms with Crippen LogP contribution in [0.3, 0.4) is 0 Å². The van der Waals surface area contributed by atoms with Crippen LogP contribution in [0.2, 0.25) is 5.02 Å². The van der Waals surface area contributed by atoms with Crippen molar-refractivity contribution >= 4 is 22.9 Å². The molecule has 0 radical (unpaired) electrons. The highest BCUT2D eigenvalue weighted by Gasteiger charge is 2.05. The minimum Gasteiger partial charge on any atom is -0.493 e. The first-order valence-corrected chi connectivity index (χ1v) is 7.69. The molecule has 102 valence electrons. The fourth-order valence-corrected chi connectivity index (χ4v) is 2.69. The summed E-state index contributed by atoms with van der Waals surface area (Å²) in [7, 11) is 0. The van der Waals surface area contributed by atoms with Gasteiger partial charge >= 0.3 is 0 Å². The lowest BCUT2D eigenvalue weighted by Crippen LogP contribution is -2.13. The molecule has 4 heteroatoms. The van der Waals surface area contributed by atoms with Gasteiger partial charge in [-0.3, -0.25) is 0 Å². The maximum atomic E-state index is 6.03. The van der Waals surface area contributed by atoms with Crippen LogP contribution in [0.4, 0.5) is 0 Å². The molecule has 0 aliphatic rings. The van der Waals surface area contributed by atoms with E-state index in [2.05, 4.69) is 29.8 Å². The van der Waals surface area contributed by atoms with Crippen LogP contribution in [0.5, 0.6) is 5.75 Å². The molecule has 0 aliphatic heterocycles. The molecule has 0 atom stereocenters. The highest BCUT2D eigenvalue weighted by atomic mass is 35.5. The predicted octanol–water partition coefficient (Wildman–Crippen LogP) is 4.13. The second kappa shape index (κ2) is 7.53. The third kappa shape index (κ3) is 4.53. The van der Waals surface area contributed by atoms with Crippen molar-refractivity contribution in [1.82, 2.24) is 5.32 Å². The molecule has 0 spiro atoms. The second-order valence-corrected chi connectivity index (χ2v) is 5.68. The molecule has 2 nitrogen and oxygen atoms in total. The third-order valence-electron chi connectivity index (χ3n) is 2.77. The number of ether oxygens (including phenoxy) is 1. The van der Waals surface area contributed by atoms with E-state index in [0.717, 1.165) is 35.8 Å². The summed E-state index contributed by atoms with van der Waals surface area (Å²) < 4.78 is 5.87. The van der Waals surface area contributed by atoms with E-state index in [1.807, 2.05) is 18.2 Å². The van der Waals surface area contributed by atoms with Crippen molar-refractivity contribution in [2.45, 2.75) is 19.9 Å². The Hall–Kier alpha value is -1.03. The summed E-state index contributed by atoms with van der Waals surface area (Å²) in [6, 6.07) is 9.99. The number of hydrogen-bond donors (Lipinski definition) is 1. The quantitative estimate of drug-likeness (QED) is 0.829. The molecular weight excluding hydrogens is 278 g/mol. The topological polar surface area (TPSA) is 21.3 Å². The number of hydrogen-bond acceptors (Lipinski definition) is 3. The summed E-state index contributed by atoms with van der Waals surface area (Å²) in [6.07, 6.45) is 0.945. The number of halogens is 1. The Balaban J connectivity index is 1.94. The van der Waals surface area contributed by atoms with E-state index in [0.29, 0.717) is 6.61 Å². The SMILES string of the molecule is CCNCc1cc(Cl)ccc1OCCc1cccs1. The minimum absolute atomic E-state index is 0.696. The van der Waals surface area contributed by atoms with E-state index < -0.39 is 0 Å². The van der Waals surface area contributed by atoms with Gasteiger partial charge in [0.2, 0.25) is 0 Å². The van der Waals surface area contributed by atoms with Crippen molar-refractivity contribution < 1.29 is 4.74 Å². The summed E-state index contributed by atoms with van der Waals surface area (Å²) in [6.45, 7) is 4.50. The number of rotatable bonds is 7.